The van der Waals surface area contributed by atoms with Gasteiger partial charge in [0, 0.05) is 11.1 Å². The standard InChI is InChI=1S/C16H18ClN/c1-12-5-3-7-14(9-12)16(18-2)11-13-6-4-8-15(17)10-13/h3-10,16,18H,11H2,1-2H3. The molecule has 0 aromatic heterocycles. The van der Waals surface area contributed by atoms with E-state index in [1.807, 2.05) is 25.2 Å². The molecule has 0 saturated heterocycles. The van der Waals surface area contributed by atoms with Crippen molar-refractivity contribution in [2.45, 2.75) is 19.4 Å². The van der Waals surface area contributed by atoms with E-state index in [9.17, 15) is 0 Å². The second-order valence-electron chi connectivity index (χ2n) is 4.59. The molecule has 0 fully saturated rings. The van der Waals surface area contributed by atoms with Crippen LogP contribution in [0.5, 0.6) is 0 Å². The van der Waals surface area contributed by atoms with Gasteiger partial charge in [-0.05, 0) is 43.7 Å². The number of nitrogens with one attached hydrogen (secondary N) is 1. The van der Waals surface area contributed by atoms with Crippen molar-refractivity contribution in [2.75, 3.05) is 7.05 Å². The molecule has 0 heterocycles. The van der Waals surface area contributed by atoms with E-state index in [0.717, 1.165) is 11.4 Å². The van der Waals surface area contributed by atoms with Gasteiger partial charge in [-0.3, -0.25) is 0 Å². The van der Waals surface area contributed by atoms with Gasteiger partial charge in [-0.15, -0.1) is 0 Å². The molecule has 1 unspecified atom stereocenters. The summed E-state index contributed by atoms with van der Waals surface area (Å²) in [5.74, 6) is 0. The highest BCUT2D eigenvalue weighted by molar-refractivity contribution is 6.30. The van der Waals surface area contributed by atoms with E-state index in [0.29, 0.717) is 6.04 Å². The first-order chi connectivity index (χ1) is 8.69. The predicted octanol–water partition coefficient (Wildman–Crippen LogP) is 4.15. The quantitative estimate of drug-likeness (QED) is 0.870. The molecule has 0 aliphatic heterocycles. The fourth-order valence-electron chi connectivity index (χ4n) is 2.17. The number of halogens is 1. The fourth-order valence-corrected chi connectivity index (χ4v) is 2.39. The first-order valence-corrected chi connectivity index (χ1v) is 6.55. The zero-order valence-corrected chi connectivity index (χ0v) is 11.5. The van der Waals surface area contributed by atoms with Gasteiger partial charge in [0.1, 0.15) is 0 Å². The highest BCUT2D eigenvalue weighted by Gasteiger charge is 2.10. The summed E-state index contributed by atoms with van der Waals surface area (Å²) in [7, 11) is 2.00. The van der Waals surface area contributed by atoms with Crippen LogP contribution in [0.25, 0.3) is 0 Å². The largest absolute Gasteiger partial charge is 0.313 e. The fraction of sp³-hybridized carbons (Fsp3) is 0.250. The molecule has 2 aromatic carbocycles. The Kier molecular flexibility index (Phi) is 4.40. The van der Waals surface area contributed by atoms with E-state index in [1.54, 1.807) is 0 Å². The van der Waals surface area contributed by atoms with Gasteiger partial charge in [0.25, 0.3) is 0 Å². The molecule has 2 rings (SSSR count). The Morgan fingerprint density at radius 1 is 1.11 bits per heavy atom. The first-order valence-electron chi connectivity index (χ1n) is 6.17. The Labute approximate surface area is 114 Å². The summed E-state index contributed by atoms with van der Waals surface area (Å²) in [5.41, 5.74) is 3.86. The van der Waals surface area contributed by atoms with Crippen molar-refractivity contribution in [2.24, 2.45) is 0 Å². The normalized spacial score (nSPS) is 12.4. The topological polar surface area (TPSA) is 12.0 Å². The number of benzene rings is 2. The van der Waals surface area contributed by atoms with Gasteiger partial charge in [0.05, 0.1) is 0 Å². The molecule has 2 heteroatoms. The van der Waals surface area contributed by atoms with Crippen LogP contribution in [0.3, 0.4) is 0 Å². The van der Waals surface area contributed by atoms with Crippen LogP contribution in [0.4, 0.5) is 0 Å². The third-order valence-corrected chi connectivity index (χ3v) is 3.36. The van der Waals surface area contributed by atoms with E-state index in [1.165, 1.54) is 16.7 Å². The number of rotatable bonds is 4. The molecule has 1 atom stereocenters. The maximum absolute atomic E-state index is 6.02. The van der Waals surface area contributed by atoms with Crippen molar-refractivity contribution >= 4 is 11.6 Å². The molecule has 2 aromatic rings. The Bertz CT molecular complexity index is 522. The lowest BCUT2D eigenvalue weighted by atomic mass is 9.98. The molecule has 0 radical (unpaired) electrons. The third-order valence-electron chi connectivity index (χ3n) is 3.12. The third kappa shape index (κ3) is 3.34. The number of aryl methyl sites for hydroxylation is 1. The van der Waals surface area contributed by atoms with Gasteiger partial charge < -0.3 is 5.32 Å². The molecular weight excluding hydrogens is 242 g/mol. The first kappa shape index (κ1) is 13.1. The summed E-state index contributed by atoms with van der Waals surface area (Å²) < 4.78 is 0. The molecular formula is C16H18ClN. The Morgan fingerprint density at radius 2 is 1.89 bits per heavy atom. The minimum Gasteiger partial charge on any atom is -0.313 e. The lowest BCUT2D eigenvalue weighted by Gasteiger charge is -2.17. The number of hydrogen-bond acceptors (Lipinski definition) is 1. The second-order valence-corrected chi connectivity index (χ2v) is 5.03. The van der Waals surface area contributed by atoms with Crippen LogP contribution in [0.1, 0.15) is 22.7 Å². The van der Waals surface area contributed by atoms with Crippen LogP contribution in [0.2, 0.25) is 5.02 Å². The molecule has 94 valence electrons. The van der Waals surface area contributed by atoms with Crippen LogP contribution < -0.4 is 5.32 Å². The van der Waals surface area contributed by atoms with Crippen LogP contribution in [0, 0.1) is 6.92 Å². The average molecular weight is 260 g/mol. The van der Waals surface area contributed by atoms with E-state index < -0.39 is 0 Å². The molecule has 18 heavy (non-hydrogen) atoms. The highest BCUT2D eigenvalue weighted by atomic mass is 35.5. The molecule has 0 aliphatic rings. The van der Waals surface area contributed by atoms with Gasteiger partial charge in [-0.1, -0.05) is 53.6 Å². The maximum Gasteiger partial charge on any atom is 0.0408 e. The van der Waals surface area contributed by atoms with Crippen molar-refractivity contribution in [1.82, 2.24) is 5.32 Å². The highest BCUT2D eigenvalue weighted by Crippen LogP contribution is 2.20. The van der Waals surface area contributed by atoms with Crippen molar-refractivity contribution < 1.29 is 0 Å². The van der Waals surface area contributed by atoms with Gasteiger partial charge in [0.2, 0.25) is 0 Å². The van der Waals surface area contributed by atoms with Crippen molar-refractivity contribution in [3.05, 3.63) is 70.2 Å². The Hall–Kier alpha value is -1.31. The second kappa shape index (κ2) is 6.03. The molecule has 0 saturated carbocycles. The van der Waals surface area contributed by atoms with Crippen molar-refractivity contribution in [3.63, 3.8) is 0 Å². The summed E-state index contributed by atoms with van der Waals surface area (Å²) in [6, 6.07) is 17.0. The molecule has 0 spiro atoms. The monoisotopic (exact) mass is 259 g/mol. The minimum absolute atomic E-state index is 0.323. The minimum atomic E-state index is 0.323. The molecule has 0 bridgehead atoms. The Morgan fingerprint density at radius 3 is 2.56 bits per heavy atom. The van der Waals surface area contributed by atoms with Crippen LogP contribution in [-0.2, 0) is 6.42 Å². The van der Waals surface area contributed by atoms with Gasteiger partial charge in [0.15, 0.2) is 0 Å². The molecule has 1 nitrogen and oxygen atoms in total. The van der Waals surface area contributed by atoms with Gasteiger partial charge >= 0.3 is 0 Å². The lowest BCUT2D eigenvalue weighted by molar-refractivity contribution is 0.592. The van der Waals surface area contributed by atoms with Crippen LogP contribution in [0.15, 0.2) is 48.5 Å². The molecule has 0 aliphatic carbocycles. The SMILES string of the molecule is CNC(Cc1cccc(Cl)c1)c1cccc(C)c1. The molecule has 0 amide bonds. The average Bonchev–Trinajstić information content (AvgIpc) is 2.36. The van der Waals surface area contributed by atoms with Gasteiger partial charge in [-0.25, -0.2) is 0 Å². The van der Waals surface area contributed by atoms with Crippen molar-refractivity contribution in [3.8, 4) is 0 Å². The number of likely N-dealkylation sites (N-methyl/N-ethyl adjacent to an activating group) is 1. The smallest absolute Gasteiger partial charge is 0.0408 e. The lowest BCUT2D eigenvalue weighted by Crippen LogP contribution is -2.18. The summed E-state index contributed by atoms with van der Waals surface area (Å²) >= 11 is 6.02. The van der Waals surface area contributed by atoms with Crippen molar-refractivity contribution in [1.29, 1.82) is 0 Å². The van der Waals surface area contributed by atoms with Crippen LogP contribution >= 0.6 is 11.6 Å². The van der Waals surface area contributed by atoms with E-state index in [-0.39, 0.29) is 0 Å². The Balaban J connectivity index is 2.19. The van der Waals surface area contributed by atoms with E-state index in [4.69, 9.17) is 11.6 Å². The van der Waals surface area contributed by atoms with Gasteiger partial charge in [-0.2, -0.15) is 0 Å². The number of hydrogen-bond donors (Lipinski definition) is 1. The summed E-state index contributed by atoms with van der Waals surface area (Å²) in [5, 5.41) is 4.17. The van der Waals surface area contributed by atoms with E-state index >= 15 is 0 Å². The predicted molar refractivity (Wildman–Crippen MR) is 78.1 cm³/mol. The maximum atomic E-state index is 6.02. The zero-order valence-electron chi connectivity index (χ0n) is 10.8. The summed E-state index contributed by atoms with van der Waals surface area (Å²) in [4.78, 5) is 0. The summed E-state index contributed by atoms with van der Waals surface area (Å²) in [6.07, 6.45) is 0.945. The summed E-state index contributed by atoms with van der Waals surface area (Å²) in [6.45, 7) is 2.12. The zero-order chi connectivity index (χ0) is 13.0. The van der Waals surface area contributed by atoms with E-state index in [2.05, 4.69) is 42.6 Å². The van der Waals surface area contributed by atoms with Crippen LogP contribution in [-0.4, -0.2) is 7.05 Å². The molecule has 1 N–H and O–H groups in total.